The van der Waals surface area contributed by atoms with Gasteiger partial charge in [0.2, 0.25) is 5.91 Å². The molecule has 0 aliphatic carbocycles. The number of nitrogens with zero attached hydrogens (tertiary/aromatic N) is 4. The molecule has 43 heavy (non-hydrogen) atoms. The first kappa shape index (κ1) is 30.5. The molecular formula is C34H40F2N4O3. The molecule has 7 nitrogen and oxygen atoms in total. The van der Waals surface area contributed by atoms with Crippen LogP contribution in [0.25, 0.3) is 0 Å². The standard InChI is InChI=1S/C34H40F2N4O3/c1-3-43-33-13-12-27(21-32(33)38-15-7-8-16-38)34(42)39-19-18-37(23-26-10-5-4-6-11-26)14-9-17-40(25(2)41)31-22-30(36)29(35)20-28(31)24-39/h4-6,10-13,20-22H,3,7-9,14-19,23-24H2,1-2H3. The van der Waals surface area contributed by atoms with Gasteiger partial charge in [-0.3, -0.25) is 14.5 Å². The molecular weight excluding hydrogens is 550 g/mol. The summed E-state index contributed by atoms with van der Waals surface area (Å²) in [4.78, 5) is 34.7. The molecule has 0 N–H and O–H groups in total. The molecule has 1 saturated heterocycles. The number of hydrogen-bond donors (Lipinski definition) is 0. The first-order valence-electron chi connectivity index (χ1n) is 15.2. The summed E-state index contributed by atoms with van der Waals surface area (Å²) in [6, 6.07) is 17.8. The Kier molecular flexibility index (Phi) is 9.92. The van der Waals surface area contributed by atoms with Crippen molar-refractivity contribution >= 4 is 23.2 Å². The summed E-state index contributed by atoms with van der Waals surface area (Å²) >= 11 is 0. The fraction of sp³-hybridized carbons (Fsp3) is 0.412. The van der Waals surface area contributed by atoms with Crippen LogP contribution in [-0.2, 0) is 17.9 Å². The van der Waals surface area contributed by atoms with Crippen molar-refractivity contribution in [3.8, 4) is 5.75 Å². The summed E-state index contributed by atoms with van der Waals surface area (Å²) in [6.45, 7) is 8.36. The van der Waals surface area contributed by atoms with E-state index in [2.05, 4.69) is 21.9 Å². The highest BCUT2D eigenvalue weighted by molar-refractivity contribution is 5.96. The number of carbonyl (C=O) groups excluding carboxylic acids is 2. The van der Waals surface area contributed by atoms with Gasteiger partial charge in [-0.2, -0.15) is 0 Å². The van der Waals surface area contributed by atoms with Crippen molar-refractivity contribution in [1.82, 2.24) is 9.80 Å². The Morgan fingerprint density at radius 1 is 0.814 bits per heavy atom. The maximum absolute atomic E-state index is 14.6. The Bertz CT molecular complexity index is 1430. The van der Waals surface area contributed by atoms with Gasteiger partial charge in [-0.1, -0.05) is 30.3 Å². The van der Waals surface area contributed by atoms with E-state index >= 15 is 0 Å². The Morgan fingerprint density at radius 3 is 2.28 bits per heavy atom. The minimum Gasteiger partial charge on any atom is -0.492 e. The molecule has 0 aromatic heterocycles. The zero-order chi connectivity index (χ0) is 30.3. The zero-order valence-corrected chi connectivity index (χ0v) is 25.0. The van der Waals surface area contributed by atoms with Crippen molar-refractivity contribution in [1.29, 1.82) is 0 Å². The van der Waals surface area contributed by atoms with Crippen molar-refractivity contribution in [2.75, 3.05) is 55.7 Å². The van der Waals surface area contributed by atoms with Crippen LogP contribution in [0.3, 0.4) is 0 Å². The van der Waals surface area contributed by atoms with Gasteiger partial charge in [0.15, 0.2) is 11.6 Å². The lowest BCUT2D eigenvalue weighted by Gasteiger charge is -2.29. The zero-order valence-electron chi connectivity index (χ0n) is 25.0. The van der Waals surface area contributed by atoms with Gasteiger partial charge in [0.25, 0.3) is 5.91 Å². The van der Waals surface area contributed by atoms with Crippen molar-refractivity contribution in [2.45, 2.75) is 46.2 Å². The minimum absolute atomic E-state index is 0.0284. The second kappa shape index (κ2) is 14.0. The molecule has 0 spiro atoms. The largest absolute Gasteiger partial charge is 0.492 e. The van der Waals surface area contributed by atoms with Gasteiger partial charge >= 0.3 is 0 Å². The Balaban J connectivity index is 1.52. The van der Waals surface area contributed by atoms with Crippen LogP contribution in [-0.4, -0.2) is 67.5 Å². The summed E-state index contributed by atoms with van der Waals surface area (Å²) in [5.41, 5.74) is 3.23. The third kappa shape index (κ3) is 7.33. The fourth-order valence-corrected chi connectivity index (χ4v) is 6.00. The molecule has 9 heteroatoms. The highest BCUT2D eigenvalue weighted by atomic mass is 19.2. The van der Waals surface area contributed by atoms with Crippen molar-refractivity contribution < 1.29 is 23.1 Å². The smallest absolute Gasteiger partial charge is 0.254 e. The quantitative estimate of drug-likeness (QED) is 0.360. The monoisotopic (exact) mass is 590 g/mol. The van der Waals surface area contributed by atoms with Gasteiger partial charge in [-0.25, -0.2) is 8.78 Å². The van der Waals surface area contributed by atoms with Crippen LogP contribution < -0.4 is 14.5 Å². The molecule has 0 unspecified atom stereocenters. The van der Waals surface area contributed by atoms with Crippen LogP contribution in [0.15, 0.2) is 60.7 Å². The van der Waals surface area contributed by atoms with Crippen LogP contribution in [0, 0.1) is 11.6 Å². The predicted octanol–water partition coefficient (Wildman–Crippen LogP) is 5.86. The van der Waals surface area contributed by atoms with E-state index in [9.17, 15) is 18.4 Å². The van der Waals surface area contributed by atoms with Gasteiger partial charge < -0.3 is 19.4 Å². The normalized spacial score (nSPS) is 16.5. The third-order valence-electron chi connectivity index (χ3n) is 8.18. The summed E-state index contributed by atoms with van der Waals surface area (Å²) < 4.78 is 35.1. The van der Waals surface area contributed by atoms with Gasteiger partial charge in [-0.05, 0) is 61.6 Å². The number of fused-ring (bicyclic) bond motifs is 1. The summed E-state index contributed by atoms with van der Waals surface area (Å²) in [6.07, 6.45) is 2.80. The van der Waals surface area contributed by atoms with E-state index in [4.69, 9.17) is 4.74 Å². The molecule has 0 saturated carbocycles. The average Bonchev–Trinajstić information content (AvgIpc) is 3.53. The van der Waals surface area contributed by atoms with Crippen LogP contribution >= 0.6 is 0 Å². The predicted molar refractivity (Wildman–Crippen MR) is 165 cm³/mol. The van der Waals surface area contributed by atoms with Gasteiger partial charge in [0.05, 0.1) is 18.0 Å². The van der Waals surface area contributed by atoms with E-state index in [1.807, 2.05) is 37.3 Å². The van der Waals surface area contributed by atoms with E-state index in [0.717, 1.165) is 55.1 Å². The number of ether oxygens (including phenoxy) is 1. The fourth-order valence-electron chi connectivity index (χ4n) is 6.00. The lowest BCUT2D eigenvalue weighted by molar-refractivity contribution is -0.116. The van der Waals surface area contributed by atoms with Gasteiger partial charge in [0, 0.05) is 70.9 Å². The number of halogens is 2. The number of anilines is 2. The van der Waals surface area contributed by atoms with E-state index in [1.54, 1.807) is 11.0 Å². The maximum Gasteiger partial charge on any atom is 0.254 e. The second-order valence-corrected chi connectivity index (χ2v) is 11.2. The first-order valence-corrected chi connectivity index (χ1v) is 15.2. The molecule has 5 rings (SSSR count). The maximum atomic E-state index is 14.6. The molecule has 0 atom stereocenters. The molecule has 2 heterocycles. The highest BCUT2D eigenvalue weighted by Gasteiger charge is 2.26. The SMILES string of the molecule is CCOc1ccc(C(=O)N2CCN(Cc3ccccc3)CCCN(C(C)=O)c3cc(F)c(F)cc3C2)cc1N1CCCC1. The van der Waals surface area contributed by atoms with E-state index in [-0.39, 0.29) is 18.4 Å². The van der Waals surface area contributed by atoms with E-state index < -0.39 is 11.6 Å². The molecule has 2 aliphatic heterocycles. The minimum atomic E-state index is -1.02. The molecule has 0 bridgehead atoms. The summed E-state index contributed by atoms with van der Waals surface area (Å²) in [5.74, 6) is -1.77. The van der Waals surface area contributed by atoms with Crippen molar-refractivity contribution in [2.24, 2.45) is 0 Å². The summed E-state index contributed by atoms with van der Waals surface area (Å²) in [7, 11) is 0. The topological polar surface area (TPSA) is 56.3 Å². The second-order valence-electron chi connectivity index (χ2n) is 11.2. The highest BCUT2D eigenvalue weighted by Crippen LogP contribution is 2.33. The Hall–Kier alpha value is -3.98. The number of benzene rings is 3. The lowest BCUT2D eigenvalue weighted by Crippen LogP contribution is -2.38. The van der Waals surface area contributed by atoms with Gasteiger partial charge in [0.1, 0.15) is 5.75 Å². The van der Waals surface area contributed by atoms with Crippen LogP contribution in [0.5, 0.6) is 5.75 Å². The van der Waals surface area contributed by atoms with Gasteiger partial charge in [-0.15, -0.1) is 0 Å². The van der Waals surface area contributed by atoms with Crippen molar-refractivity contribution in [3.05, 3.63) is 89.0 Å². The average molecular weight is 591 g/mol. The van der Waals surface area contributed by atoms with Crippen molar-refractivity contribution in [3.63, 3.8) is 0 Å². The van der Waals surface area contributed by atoms with E-state index in [0.29, 0.717) is 62.6 Å². The molecule has 0 radical (unpaired) electrons. The Morgan fingerprint density at radius 2 is 1.56 bits per heavy atom. The molecule has 2 aliphatic rings. The molecule has 2 amide bonds. The molecule has 3 aromatic rings. The molecule has 1 fully saturated rings. The van der Waals surface area contributed by atoms with Crippen LogP contribution in [0.1, 0.15) is 54.6 Å². The van der Waals surface area contributed by atoms with Crippen LogP contribution in [0.2, 0.25) is 0 Å². The third-order valence-corrected chi connectivity index (χ3v) is 8.18. The number of hydrogen-bond acceptors (Lipinski definition) is 5. The molecule has 228 valence electrons. The van der Waals surface area contributed by atoms with Crippen LogP contribution in [0.4, 0.5) is 20.2 Å². The number of carbonyl (C=O) groups is 2. The van der Waals surface area contributed by atoms with E-state index in [1.165, 1.54) is 11.8 Å². The lowest BCUT2D eigenvalue weighted by atomic mass is 10.1. The summed E-state index contributed by atoms with van der Waals surface area (Å²) in [5, 5.41) is 0. The molecule has 3 aromatic carbocycles. The number of rotatable bonds is 6. The Labute approximate surface area is 252 Å². The first-order chi connectivity index (χ1) is 20.8. The number of amides is 2.